The van der Waals surface area contributed by atoms with Crippen LogP contribution in [0.5, 0.6) is 0 Å². The number of carbonyl (C=O) groups excluding carboxylic acids is 2. The zero-order chi connectivity index (χ0) is 17.3. The molecule has 1 aromatic heterocycles. The van der Waals surface area contributed by atoms with Crippen LogP contribution < -0.4 is 5.32 Å². The van der Waals surface area contributed by atoms with Crippen molar-refractivity contribution in [2.45, 2.75) is 17.9 Å². The number of carbonyl (C=O) groups is 2. The Labute approximate surface area is 139 Å². The third kappa shape index (κ3) is 2.76. The Hall–Kier alpha value is -2.74. The normalized spacial score (nSPS) is 16.5. The number of hydrogen-bond acceptors (Lipinski definition) is 5. The Morgan fingerprint density at radius 3 is 2.58 bits per heavy atom. The lowest BCUT2D eigenvalue weighted by molar-refractivity contribution is -0.121. The lowest BCUT2D eigenvalue weighted by atomic mass is 10.2. The van der Waals surface area contributed by atoms with Crippen LogP contribution in [0.25, 0.3) is 0 Å². The number of nitrogens with one attached hydrogen (secondary N) is 1. The molecule has 0 saturated carbocycles. The number of amides is 2. The van der Waals surface area contributed by atoms with Crippen LogP contribution in [0.2, 0.25) is 0 Å². The minimum absolute atomic E-state index is 0.0689. The number of pyridine rings is 1. The standard InChI is InChI=1S/C16H15N3O4S/c1-11(13-7-4-5-9-17-13)18-15(20)10-19-16(21)12-6-2-3-8-14(12)24(19,22)23/h2-9,11H,10H2,1H3,(H,18,20)/t11-/m0/s1. The second-order valence-corrected chi connectivity index (χ2v) is 7.19. The summed E-state index contributed by atoms with van der Waals surface area (Å²) in [5.41, 5.74) is 0.729. The average molecular weight is 345 g/mol. The van der Waals surface area contributed by atoms with Crippen LogP contribution in [0.15, 0.2) is 53.6 Å². The van der Waals surface area contributed by atoms with Crippen LogP contribution in [0.3, 0.4) is 0 Å². The van der Waals surface area contributed by atoms with E-state index in [9.17, 15) is 18.0 Å². The third-order valence-corrected chi connectivity index (χ3v) is 5.50. The third-order valence-electron chi connectivity index (χ3n) is 3.71. The minimum Gasteiger partial charge on any atom is -0.346 e. The van der Waals surface area contributed by atoms with Gasteiger partial charge in [-0.3, -0.25) is 14.6 Å². The van der Waals surface area contributed by atoms with Crippen LogP contribution in [0.4, 0.5) is 0 Å². The van der Waals surface area contributed by atoms with Crippen molar-refractivity contribution < 1.29 is 18.0 Å². The molecule has 8 heteroatoms. The molecule has 1 N–H and O–H groups in total. The van der Waals surface area contributed by atoms with Crippen LogP contribution in [0, 0.1) is 0 Å². The SMILES string of the molecule is C[C@H](NC(=O)CN1C(=O)c2ccccc2S1(=O)=O)c1ccccn1. The van der Waals surface area contributed by atoms with Crippen molar-refractivity contribution in [2.75, 3.05) is 6.54 Å². The van der Waals surface area contributed by atoms with Crippen molar-refractivity contribution in [3.63, 3.8) is 0 Å². The van der Waals surface area contributed by atoms with E-state index in [0.717, 1.165) is 0 Å². The smallest absolute Gasteiger partial charge is 0.269 e. The number of aromatic nitrogens is 1. The van der Waals surface area contributed by atoms with E-state index >= 15 is 0 Å². The molecular weight excluding hydrogens is 330 g/mol. The molecule has 0 spiro atoms. The maximum Gasteiger partial charge on any atom is 0.269 e. The van der Waals surface area contributed by atoms with Gasteiger partial charge in [-0.05, 0) is 31.2 Å². The molecular formula is C16H15N3O4S. The fourth-order valence-corrected chi connectivity index (χ4v) is 4.04. The largest absolute Gasteiger partial charge is 0.346 e. The molecule has 0 radical (unpaired) electrons. The second kappa shape index (κ2) is 6.04. The summed E-state index contributed by atoms with van der Waals surface area (Å²) in [5.74, 6) is -1.26. The highest BCUT2D eigenvalue weighted by atomic mass is 32.2. The molecule has 0 unspecified atom stereocenters. The van der Waals surface area contributed by atoms with Gasteiger partial charge in [0.25, 0.3) is 15.9 Å². The van der Waals surface area contributed by atoms with Gasteiger partial charge in [0.2, 0.25) is 5.91 Å². The predicted octanol–water partition coefficient (Wildman–Crippen LogP) is 1.10. The molecule has 1 aliphatic rings. The highest BCUT2D eigenvalue weighted by Crippen LogP contribution is 2.29. The number of sulfonamides is 1. The Balaban J connectivity index is 1.75. The van der Waals surface area contributed by atoms with E-state index in [2.05, 4.69) is 10.3 Å². The zero-order valence-corrected chi connectivity index (χ0v) is 13.7. The van der Waals surface area contributed by atoms with Crippen LogP contribution in [-0.2, 0) is 14.8 Å². The van der Waals surface area contributed by atoms with E-state index in [1.54, 1.807) is 37.4 Å². The summed E-state index contributed by atoms with van der Waals surface area (Å²) >= 11 is 0. The molecule has 1 atom stereocenters. The predicted molar refractivity (Wildman–Crippen MR) is 85.5 cm³/mol. The molecule has 0 fully saturated rings. The van der Waals surface area contributed by atoms with Crippen molar-refractivity contribution in [1.29, 1.82) is 0 Å². The van der Waals surface area contributed by atoms with E-state index in [1.807, 2.05) is 0 Å². The molecule has 0 saturated heterocycles. The van der Waals surface area contributed by atoms with Gasteiger partial charge >= 0.3 is 0 Å². The van der Waals surface area contributed by atoms with Gasteiger partial charge < -0.3 is 5.32 Å². The Morgan fingerprint density at radius 1 is 1.21 bits per heavy atom. The molecule has 0 aliphatic carbocycles. The lowest BCUT2D eigenvalue weighted by Gasteiger charge is -2.17. The molecule has 124 valence electrons. The van der Waals surface area contributed by atoms with Gasteiger partial charge in [0.05, 0.1) is 17.3 Å². The second-order valence-electron chi connectivity index (χ2n) is 5.36. The topological polar surface area (TPSA) is 96.4 Å². The van der Waals surface area contributed by atoms with Gasteiger partial charge in [0, 0.05) is 6.20 Å². The van der Waals surface area contributed by atoms with Crippen LogP contribution in [-0.4, -0.2) is 36.1 Å². The quantitative estimate of drug-likeness (QED) is 0.895. The summed E-state index contributed by atoms with van der Waals surface area (Å²) in [5, 5.41) is 2.65. The summed E-state index contributed by atoms with van der Waals surface area (Å²) in [6.45, 7) is 1.17. The first kappa shape index (κ1) is 16.1. The summed E-state index contributed by atoms with van der Waals surface area (Å²) in [7, 11) is -3.98. The Morgan fingerprint density at radius 2 is 1.92 bits per heavy atom. The van der Waals surface area contributed by atoms with Gasteiger partial charge in [-0.25, -0.2) is 12.7 Å². The van der Waals surface area contributed by atoms with E-state index in [-0.39, 0.29) is 10.5 Å². The Bertz CT molecular complexity index is 897. The zero-order valence-electron chi connectivity index (χ0n) is 12.8. The average Bonchev–Trinajstić information content (AvgIpc) is 2.77. The molecule has 2 aromatic rings. The summed E-state index contributed by atoms with van der Waals surface area (Å²) < 4.78 is 25.4. The number of nitrogens with zero attached hydrogens (tertiary/aromatic N) is 2. The first-order valence-corrected chi connectivity index (χ1v) is 8.71. The van der Waals surface area contributed by atoms with Crippen molar-refractivity contribution in [3.05, 3.63) is 59.9 Å². The van der Waals surface area contributed by atoms with E-state index < -0.39 is 34.4 Å². The summed E-state index contributed by atoms with van der Waals surface area (Å²) in [4.78, 5) is 28.5. The monoisotopic (exact) mass is 345 g/mol. The summed E-state index contributed by atoms with van der Waals surface area (Å²) in [6, 6.07) is 10.8. The number of fused-ring (bicyclic) bond motifs is 1. The molecule has 2 heterocycles. The van der Waals surface area contributed by atoms with Gasteiger partial charge in [0.15, 0.2) is 0 Å². The van der Waals surface area contributed by atoms with E-state index in [0.29, 0.717) is 10.00 Å². The lowest BCUT2D eigenvalue weighted by Crippen LogP contribution is -2.41. The number of hydrogen-bond donors (Lipinski definition) is 1. The number of rotatable bonds is 4. The van der Waals surface area contributed by atoms with Gasteiger partial charge in [-0.15, -0.1) is 0 Å². The highest BCUT2D eigenvalue weighted by molar-refractivity contribution is 7.90. The first-order valence-electron chi connectivity index (χ1n) is 7.27. The highest BCUT2D eigenvalue weighted by Gasteiger charge is 2.41. The maximum absolute atomic E-state index is 12.4. The minimum atomic E-state index is -3.98. The molecule has 1 aliphatic heterocycles. The van der Waals surface area contributed by atoms with E-state index in [1.165, 1.54) is 18.2 Å². The van der Waals surface area contributed by atoms with Gasteiger partial charge in [0.1, 0.15) is 11.4 Å². The summed E-state index contributed by atoms with van der Waals surface area (Å²) in [6.07, 6.45) is 1.60. The van der Waals surface area contributed by atoms with Crippen LogP contribution in [0.1, 0.15) is 29.0 Å². The van der Waals surface area contributed by atoms with Crippen molar-refractivity contribution in [2.24, 2.45) is 0 Å². The van der Waals surface area contributed by atoms with Gasteiger partial charge in [-0.1, -0.05) is 18.2 Å². The van der Waals surface area contributed by atoms with Gasteiger partial charge in [-0.2, -0.15) is 0 Å². The number of benzene rings is 1. The Kier molecular flexibility index (Phi) is 4.06. The fraction of sp³-hybridized carbons (Fsp3) is 0.188. The molecule has 1 aromatic carbocycles. The molecule has 0 bridgehead atoms. The molecule has 2 amide bonds. The molecule has 24 heavy (non-hydrogen) atoms. The maximum atomic E-state index is 12.4. The fourth-order valence-electron chi connectivity index (χ4n) is 2.51. The van der Waals surface area contributed by atoms with Crippen molar-refractivity contribution in [1.82, 2.24) is 14.6 Å². The first-order chi connectivity index (χ1) is 11.4. The van der Waals surface area contributed by atoms with E-state index in [4.69, 9.17) is 0 Å². The molecule has 7 nitrogen and oxygen atoms in total. The van der Waals surface area contributed by atoms with Crippen LogP contribution >= 0.6 is 0 Å². The molecule has 3 rings (SSSR count). The van der Waals surface area contributed by atoms with Crippen molar-refractivity contribution in [3.8, 4) is 0 Å². The van der Waals surface area contributed by atoms with Crippen molar-refractivity contribution >= 4 is 21.8 Å².